The third-order valence-electron chi connectivity index (χ3n) is 2.00. The lowest BCUT2D eigenvalue weighted by Crippen LogP contribution is -2.13. The minimum Gasteiger partial charge on any atom is -0.412 e. The quantitative estimate of drug-likeness (QED) is 0.662. The summed E-state index contributed by atoms with van der Waals surface area (Å²) in [5.41, 5.74) is 0. The summed E-state index contributed by atoms with van der Waals surface area (Å²) >= 11 is 0. The fraction of sp³-hybridized carbons (Fsp3) is 1.00. The van der Waals surface area contributed by atoms with Gasteiger partial charge in [0.1, 0.15) is 0 Å². The first kappa shape index (κ1) is 16.3. The van der Waals surface area contributed by atoms with E-state index in [4.69, 9.17) is 4.55 Å². The van der Waals surface area contributed by atoms with Crippen LogP contribution in [0.15, 0.2) is 0 Å². The Balaban J connectivity index is 0. The van der Waals surface area contributed by atoms with Gasteiger partial charge in [-0.05, 0) is 12.3 Å². The van der Waals surface area contributed by atoms with Crippen LogP contribution < -0.4 is 0 Å². The van der Waals surface area contributed by atoms with Gasteiger partial charge in [-0.25, -0.2) is 4.18 Å². The minimum atomic E-state index is -4.25. The maximum atomic E-state index is 10.3. The summed E-state index contributed by atoms with van der Waals surface area (Å²) in [7, 11) is -4.25. The molecule has 0 aliphatic rings. The van der Waals surface area contributed by atoms with Crippen LogP contribution in [0.25, 0.3) is 0 Å². The first-order chi connectivity index (χ1) is 5.99. The van der Waals surface area contributed by atoms with Crippen molar-refractivity contribution in [2.24, 2.45) is 5.92 Å². The molecule has 14 heavy (non-hydrogen) atoms. The predicted octanol–water partition coefficient (Wildman–Crippen LogP) is 1.20. The van der Waals surface area contributed by atoms with Gasteiger partial charge in [0.25, 0.3) is 0 Å². The Morgan fingerprint density at radius 2 is 1.93 bits per heavy atom. The highest BCUT2D eigenvalue weighted by Crippen LogP contribution is 2.13. The smallest absolute Gasteiger partial charge is 0.397 e. The molecule has 0 saturated carbocycles. The molecular formula is C8H20O5S. The maximum Gasteiger partial charge on any atom is 0.397 e. The first-order valence-corrected chi connectivity index (χ1v) is 5.98. The van der Waals surface area contributed by atoms with Gasteiger partial charge < -0.3 is 5.48 Å². The Kier molecular flexibility index (Phi) is 9.49. The van der Waals surface area contributed by atoms with Crippen LogP contribution in [0.2, 0.25) is 0 Å². The van der Waals surface area contributed by atoms with Crippen molar-refractivity contribution >= 4 is 10.4 Å². The molecular weight excluding hydrogens is 208 g/mol. The highest BCUT2D eigenvalue weighted by Gasteiger charge is 2.11. The Labute approximate surface area is 85.7 Å². The lowest BCUT2D eigenvalue weighted by atomic mass is 10.0. The number of unbranched alkanes of at least 4 members (excludes halogenated alkanes) is 1. The van der Waals surface area contributed by atoms with Crippen molar-refractivity contribution in [2.45, 2.75) is 39.5 Å². The predicted molar refractivity (Wildman–Crippen MR) is 54.4 cm³/mol. The van der Waals surface area contributed by atoms with Gasteiger partial charge >= 0.3 is 10.4 Å². The van der Waals surface area contributed by atoms with Gasteiger partial charge in [-0.1, -0.05) is 33.1 Å². The van der Waals surface area contributed by atoms with E-state index < -0.39 is 10.4 Å². The Bertz CT molecular complexity index is 212. The van der Waals surface area contributed by atoms with E-state index in [2.05, 4.69) is 11.1 Å². The van der Waals surface area contributed by atoms with Crippen molar-refractivity contribution in [1.82, 2.24) is 0 Å². The fourth-order valence-electron chi connectivity index (χ4n) is 1.08. The van der Waals surface area contributed by atoms with E-state index in [0.717, 1.165) is 25.7 Å². The first-order valence-electron chi connectivity index (χ1n) is 4.61. The molecule has 0 spiro atoms. The largest absolute Gasteiger partial charge is 0.412 e. The second kappa shape index (κ2) is 8.16. The maximum absolute atomic E-state index is 10.3. The van der Waals surface area contributed by atoms with Gasteiger partial charge in [0.05, 0.1) is 6.61 Å². The molecule has 0 aliphatic carbocycles. The van der Waals surface area contributed by atoms with Crippen LogP contribution in [0.4, 0.5) is 0 Å². The third kappa shape index (κ3) is 9.91. The Morgan fingerprint density at radius 3 is 2.29 bits per heavy atom. The summed E-state index contributed by atoms with van der Waals surface area (Å²) in [6.07, 6.45) is 3.97. The van der Waals surface area contributed by atoms with Gasteiger partial charge in [0.15, 0.2) is 0 Å². The van der Waals surface area contributed by atoms with Crippen molar-refractivity contribution in [3.05, 3.63) is 0 Å². The molecule has 0 fully saturated rings. The van der Waals surface area contributed by atoms with Gasteiger partial charge in [-0.2, -0.15) is 8.42 Å². The lowest BCUT2D eigenvalue weighted by Gasteiger charge is -2.12. The van der Waals surface area contributed by atoms with Gasteiger partial charge in [0, 0.05) is 0 Å². The molecule has 0 heterocycles. The number of rotatable bonds is 7. The molecule has 0 aromatic rings. The summed E-state index contributed by atoms with van der Waals surface area (Å²) in [5, 5.41) is 0. The highest BCUT2D eigenvalue weighted by molar-refractivity contribution is 7.80. The molecule has 1 unspecified atom stereocenters. The molecule has 0 saturated heterocycles. The summed E-state index contributed by atoms with van der Waals surface area (Å²) in [4.78, 5) is 0. The molecule has 0 aliphatic heterocycles. The number of hydrogen-bond acceptors (Lipinski definition) is 3. The summed E-state index contributed by atoms with van der Waals surface area (Å²) in [6.45, 7) is 4.15. The van der Waals surface area contributed by atoms with Crippen LogP contribution in [-0.2, 0) is 14.6 Å². The van der Waals surface area contributed by atoms with Crippen molar-refractivity contribution < 1.29 is 22.6 Å². The van der Waals surface area contributed by atoms with Gasteiger partial charge in [-0.3, -0.25) is 4.55 Å². The Morgan fingerprint density at radius 1 is 1.36 bits per heavy atom. The van der Waals surface area contributed by atoms with E-state index >= 15 is 0 Å². The molecule has 0 amide bonds. The van der Waals surface area contributed by atoms with Crippen molar-refractivity contribution in [1.29, 1.82) is 0 Å². The zero-order valence-electron chi connectivity index (χ0n) is 8.69. The van der Waals surface area contributed by atoms with Crippen LogP contribution in [0.5, 0.6) is 0 Å². The normalized spacial score (nSPS) is 13.4. The molecule has 0 radical (unpaired) electrons. The van der Waals surface area contributed by atoms with E-state index in [0.29, 0.717) is 0 Å². The van der Waals surface area contributed by atoms with E-state index in [1.54, 1.807) is 0 Å². The zero-order chi connectivity index (χ0) is 10.3. The van der Waals surface area contributed by atoms with E-state index in [1.165, 1.54) is 0 Å². The molecule has 88 valence electrons. The second-order valence-corrected chi connectivity index (χ2v) is 4.22. The SMILES string of the molecule is CCCCC(CC)COS(=O)(=O)O.O. The van der Waals surface area contributed by atoms with Crippen molar-refractivity contribution in [3.8, 4) is 0 Å². The lowest BCUT2D eigenvalue weighted by molar-refractivity contribution is 0.211. The van der Waals surface area contributed by atoms with Crippen LogP contribution in [-0.4, -0.2) is 25.1 Å². The average Bonchev–Trinajstić information content (AvgIpc) is 2.03. The zero-order valence-corrected chi connectivity index (χ0v) is 9.51. The molecule has 0 aromatic carbocycles. The monoisotopic (exact) mass is 228 g/mol. The highest BCUT2D eigenvalue weighted by atomic mass is 32.3. The molecule has 5 nitrogen and oxygen atoms in total. The molecule has 0 aromatic heterocycles. The third-order valence-corrected chi connectivity index (χ3v) is 2.43. The molecule has 3 N–H and O–H groups in total. The second-order valence-electron chi connectivity index (χ2n) is 3.13. The van der Waals surface area contributed by atoms with E-state index in [-0.39, 0.29) is 18.0 Å². The molecule has 0 rings (SSSR count). The van der Waals surface area contributed by atoms with Crippen LogP contribution in [0.3, 0.4) is 0 Å². The van der Waals surface area contributed by atoms with Crippen molar-refractivity contribution in [3.63, 3.8) is 0 Å². The minimum absolute atomic E-state index is 0. The van der Waals surface area contributed by atoms with Crippen molar-refractivity contribution in [2.75, 3.05) is 6.61 Å². The average molecular weight is 228 g/mol. The van der Waals surface area contributed by atoms with Crippen LogP contribution >= 0.6 is 0 Å². The van der Waals surface area contributed by atoms with E-state index in [9.17, 15) is 8.42 Å². The molecule has 1 atom stereocenters. The Hall–Kier alpha value is -0.170. The van der Waals surface area contributed by atoms with Crippen LogP contribution in [0.1, 0.15) is 39.5 Å². The topological polar surface area (TPSA) is 95.1 Å². The summed E-state index contributed by atoms with van der Waals surface area (Å²) < 4.78 is 33.2. The van der Waals surface area contributed by atoms with E-state index in [1.807, 2.05) is 6.92 Å². The van der Waals surface area contributed by atoms with Gasteiger partial charge in [0.2, 0.25) is 0 Å². The standard InChI is InChI=1S/C8H18O4S.H2O/c1-3-5-6-8(4-2)7-12-13(9,10)11;/h8H,3-7H2,1-2H3,(H,9,10,11);1H2. The summed E-state index contributed by atoms with van der Waals surface area (Å²) in [6, 6.07) is 0. The molecule has 0 bridgehead atoms. The summed E-state index contributed by atoms with van der Waals surface area (Å²) in [5.74, 6) is 0.224. The number of hydrogen-bond donors (Lipinski definition) is 1. The van der Waals surface area contributed by atoms with Gasteiger partial charge in [-0.15, -0.1) is 0 Å². The fourth-order valence-corrected chi connectivity index (χ4v) is 1.44. The van der Waals surface area contributed by atoms with Crippen LogP contribution in [0, 0.1) is 5.92 Å². The molecule has 6 heteroatoms.